The first-order chi connectivity index (χ1) is 6.20. The summed E-state index contributed by atoms with van der Waals surface area (Å²) < 4.78 is 0. The van der Waals surface area contributed by atoms with Crippen LogP contribution in [0.15, 0.2) is 18.5 Å². The fourth-order valence-corrected chi connectivity index (χ4v) is 0.938. The van der Waals surface area contributed by atoms with Gasteiger partial charge in [-0.25, -0.2) is 9.97 Å². The molecule has 1 aromatic heterocycles. The molecule has 72 valence electrons. The van der Waals surface area contributed by atoms with Gasteiger partial charge in [0.1, 0.15) is 0 Å². The van der Waals surface area contributed by atoms with E-state index in [1.807, 2.05) is 18.0 Å². The maximum Gasteiger partial charge on any atom is 0.225 e. The summed E-state index contributed by atoms with van der Waals surface area (Å²) in [5, 5.41) is 0. The summed E-state index contributed by atoms with van der Waals surface area (Å²) in [6.45, 7) is 1.95. The standard InChI is InChI=1S/C9H16N4/c1-12(2)7-8-13(3)9-10-5-4-6-11-9/h4-6H,7-8H2,1-3H3. The van der Waals surface area contributed by atoms with E-state index >= 15 is 0 Å². The topological polar surface area (TPSA) is 32.3 Å². The van der Waals surface area contributed by atoms with Crippen LogP contribution in [0.5, 0.6) is 0 Å². The summed E-state index contributed by atoms with van der Waals surface area (Å²) in [5.41, 5.74) is 0. The Morgan fingerprint density at radius 2 is 1.69 bits per heavy atom. The Balaban J connectivity index is 2.44. The molecule has 0 saturated heterocycles. The number of hydrogen-bond acceptors (Lipinski definition) is 4. The summed E-state index contributed by atoms with van der Waals surface area (Å²) in [6.07, 6.45) is 3.52. The lowest BCUT2D eigenvalue weighted by molar-refractivity contribution is 0.415. The zero-order valence-electron chi connectivity index (χ0n) is 8.44. The van der Waals surface area contributed by atoms with E-state index in [-0.39, 0.29) is 0 Å². The Hall–Kier alpha value is -1.16. The summed E-state index contributed by atoms with van der Waals surface area (Å²) in [4.78, 5) is 12.5. The Bertz CT molecular complexity index is 235. The molecule has 1 rings (SSSR count). The SMILES string of the molecule is CN(C)CCN(C)c1ncccn1. The van der Waals surface area contributed by atoms with Crippen molar-refractivity contribution in [1.29, 1.82) is 0 Å². The first-order valence-electron chi connectivity index (χ1n) is 4.33. The lowest BCUT2D eigenvalue weighted by atomic mass is 10.5. The molecule has 0 unspecified atom stereocenters. The van der Waals surface area contributed by atoms with Crippen LogP contribution in [-0.2, 0) is 0 Å². The highest BCUT2D eigenvalue weighted by Crippen LogP contribution is 2.00. The van der Waals surface area contributed by atoms with Crippen LogP contribution in [0.3, 0.4) is 0 Å². The molecule has 0 aliphatic carbocycles. The van der Waals surface area contributed by atoms with Crippen LogP contribution in [0.1, 0.15) is 0 Å². The smallest absolute Gasteiger partial charge is 0.225 e. The number of likely N-dealkylation sites (N-methyl/N-ethyl adjacent to an activating group) is 2. The van der Waals surface area contributed by atoms with E-state index in [0.717, 1.165) is 19.0 Å². The fraction of sp³-hybridized carbons (Fsp3) is 0.556. The number of rotatable bonds is 4. The molecule has 0 amide bonds. The highest BCUT2D eigenvalue weighted by molar-refractivity contribution is 5.26. The zero-order chi connectivity index (χ0) is 9.68. The Labute approximate surface area is 79.2 Å². The van der Waals surface area contributed by atoms with Crippen molar-refractivity contribution in [1.82, 2.24) is 14.9 Å². The molecule has 0 saturated carbocycles. The van der Waals surface area contributed by atoms with Gasteiger partial charge in [-0.15, -0.1) is 0 Å². The second kappa shape index (κ2) is 4.77. The van der Waals surface area contributed by atoms with Gasteiger partial charge in [-0.1, -0.05) is 0 Å². The third-order valence-electron chi connectivity index (χ3n) is 1.78. The molecule has 4 nitrogen and oxygen atoms in total. The Morgan fingerprint density at radius 1 is 1.08 bits per heavy atom. The molecule has 1 aromatic rings. The van der Waals surface area contributed by atoms with Crippen LogP contribution in [0, 0.1) is 0 Å². The number of nitrogens with zero attached hydrogens (tertiary/aromatic N) is 4. The van der Waals surface area contributed by atoms with Crippen molar-refractivity contribution < 1.29 is 0 Å². The van der Waals surface area contributed by atoms with Crippen molar-refractivity contribution >= 4 is 5.95 Å². The van der Waals surface area contributed by atoms with E-state index in [1.54, 1.807) is 12.4 Å². The van der Waals surface area contributed by atoms with Gasteiger partial charge in [0, 0.05) is 32.5 Å². The second-order valence-corrected chi connectivity index (χ2v) is 3.27. The van der Waals surface area contributed by atoms with Crippen LogP contribution in [0.25, 0.3) is 0 Å². The number of anilines is 1. The fourth-order valence-electron chi connectivity index (χ4n) is 0.938. The monoisotopic (exact) mass is 180 g/mol. The lowest BCUT2D eigenvalue weighted by Crippen LogP contribution is -2.29. The Morgan fingerprint density at radius 3 is 2.23 bits per heavy atom. The minimum Gasteiger partial charge on any atom is -0.343 e. The van der Waals surface area contributed by atoms with Crippen LogP contribution < -0.4 is 4.90 Å². The van der Waals surface area contributed by atoms with E-state index in [2.05, 4.69) is 29.0 Å². The molecule has 0 aromatic carbocycles. The van der Waals surface area contributed by atoms with E-state index in [4.69, 9.17) is 0 Å². The number of aromatic nitrogens is 2. The van der Waals surface area contributed by atoms with Crippen LogP contribution >= 0.6 is 0 Å². The van der Waals surface area contributed by atoms with Gasteiger partial charge >= 0.3 is 0 Å². The summed E-state index contributed by atoms with van der Waals surface area (Å²) in [7, 11) is 6.11. The van der Waals surface area contributed by atoms with Crippen molar-refractivity contribution in [2.75, 3.05) is 39.1 Å². The minimum atomic E-state index is 0.782. The highest BCUT2D eigenvalue weighted by atomic mass is 15.2. The molecular weight excluding hydrogens is 164 g/mol. The van der Waals surface area contributed by atoms with Gasteiger partial charge in [-0.2, -0.15) is 0 Å². The van der Waals surface area contributed by atoms with Crippen molar-refractivity contribution in [2.45, 2.75) is 0 Å². The first-order valence-corrected chi connectivity index (χ1v) is 4.33. The van der Waals surface area contributed by atoms with Gasteiger partial charge < -0.3 is 9.80 Å². The van der Waals surface area contributed by atoms with Crippen molar-refractivity contribution in [3.63, 3.8) is 0 Å². The first kappa shape index (κ1) is 9.92. The molecular formula is C9H16N4. The van der Waals surface area contributed by atoms with E-state index < -0.39 is 0 Å². The summed E-state index contributed by atoms with van der Waals surface area (Å²) >= 11 is 0. The van der Waals surface area contributed by atoms with Gasteiger partial charge in [0.15, 0.2) is 0 Å². The largest absolute Gasteiger partial charge is 0.343 e. The zero-order valence-corrected chi connectivity index (χ0v) is 8.44. The summed E-state index contributed by atoms with van der Waals surface area (Å²) in [5.74, 6) is 0.782. The molecule has 0 radical (unpaired) electrons. The van der Waals surface area contributed by atoms with Crippen molar-refractivity contribution in [2.24, 2.45) is 0 Å². The minimum absolute atomic E-state index is 0.782. The number of hydrogen-bond donors (Lipinski definition) is 0. The predicted molar refractivity (Wildman–Crippen MR) is 53.9 cm³/mol. The molecule has 0 aliphatic heterocycles. The Kier molecular flexibility index (Phi) is 3.64. The van der Waals surface area contributed by atoms with Crippen molar-refractivity contribution in [3.05, 3.63) is 18.5 Å². The quantitative estimate of drug-likeness (QED) is 0.674. The maximum absolute atomic E-state index is 4.15. The maximum atomic E-state index is 4.15. The third kappa shape index (κ3) is 3.38. The predicted octanol–water partition coefficient (Wildman–Crippen LogP) is 0.474. The van der Waals surface area contributed by atoms with Crippen LogP contribution in [-0.4, -0.2) is 49.1 Å². The molecule has 13 heavy (non-hydrogen) atoms. The van der Waals surface area contributed by atoms with E-state index in [0.29, 0.717) is 0 Å². The van der Waals surface area contributed by atoms with E-state index in [9.17, 15) is 0 Å². The normalized spacial score (nSPS) is 10.5. The molecule has 0 aliphatic rings. The van der Waals surface area contributed by atoms with Gasteiger partial charge in [0.25, 0.3) is 0 Å². The molecule has 0 N–H and O–H groups in total. The highest BCUT2D eigenvalue weighted by Gasteiger charge is 2.01. The van der Waals surface area contributed by atoms with Gasteiger partial charge in [-0.3, -0.25) is 0 Å². The third-order valence-corrected chi connectivity index (χ3v) is 1.78. The molecule has 0 atom stereocenters. The molecule has 0 bridgehead atoms. The molecule has 0 spiro atoms. The van der Waals surface area contributed by atoms with Gasteiger partial charge in [0.2, 0.25) is 5.95 Å². The summed E-state index contributed by atoms with van der Waals surface area (Å²) in [6, 6.07) is 1.82. The van der Waals surface area contributed by atoms with Crippen molar-refractivity contribution in [3.8, 4) is 0 Å². The van der Waals surface area contributed by atoms with Gasteiger partial charge in [-0.05, 0) is 20.2 Å². The average Bonchev–Trinajstić information content (AvgIpc) is 2.15. The van der Waals surface area contributed by atoms with Crippen LogP contribution in [0.2, 0.25) is 0 Å². The molecule has 4 heteroatoms. The lowest BCUT2D eigenvalue weighted by Gasteiger charge is -2.18. The van der Waals surface area contributed by atoms with Gasteiger partial charge in [0.05, 0.1) is 0 Å². The van der Waals surface area contributed by atoms with E-state index in [1.165, 1.54) is 0 Å². The van der Waals surface area contributed by atoms with Crippen LogP contribution in [0.4, 0.5) is 5.95 Å². The second-order valence-electron chi connectivity index (χ2n) is 3.27. The molecule has 0 fully saturated rings. The average molecular weight is 180 g/mol. The molecule has 1 heterocycles.